The third-order valence-electron chi connectivity index (χ3n) is 2.47. The van der Waals surface area contributed by atoms with Crippen molar-refractivity contribution in [3.05, 3.63) is 78.0 Å². The minimum Gasteiger partial charge on any atom is -0.335 e. The molecule has 0 saturated heterocycles. The molecule has 2 rings (SSSR count). The quantitative estimate of drug-likeness (QED) is 0.793. The van der Waals surface area contributed by atoms with Crippen LogP contribution in [0.15, 0.2) is 66.9 Å². The van der Waals surface area contributed by atoms with Crippen LogP contribution in [-0.2, 0) is 4.79 Å². The van der Waals surface area contributed by atoms with E-state index < -0.39 is 0 Å². The second kappa shape index (κ2) is 5.66. The zero-order chi connectivity index (χ0) is 11.9. The van der Waals surface area contributed by atoms with Gasteiger partial charge in [0.05, 0.1) is 0 Å². The SMILES string of the molecule is O=CNC=C(c1ccccc1)c1ccccc1. The fourth-order valence-electron chi connectivity index (χ4n) is 1.69. The maximum absolute atomic E-state index is 10.4. The molecule has 0 saturated carbocycles. The maximum atomic E-state index is 10.4. The van der Waals surface area contributed by atoms with Gasteiger partial charge in [-0.15, -0.1) is 0 Å². The lowest BCUT2D eigenvalue weighted by molar-refractivity contribution is -0.108. The van der Waals surface area contributed by atoms with E-state index in [9.17, 15) is 4.79 Å². The first-order valence-corrected chi connectivity index (χ1v) is 5.42. The van der Waals surface area contributed by atoms with E-state index in [0.29, 0.717) is 6.41 Å². The Morgan fingerprint density at radius 1 is 0.824 bits per heavy atom. The van der Waals surface area contributed by atoms with E-state index in [4.69, 9.17) is 0 Å². The molecule has 17 heavy (non-hydrogen) atoms. The molecule has 0 aromatic heterocycles. The first kappa shape index (κ1) is 11.1. The highest BCUT2D eigenvalue weighted by Gasteiger charge is 2.03. The summed E-state index contributed by atoms with van der Waals surface area (Å²) in [7, 11) is 0. The number of rotatable bonds is 4. The first-order valence-electron chi connectivity index (χ1n) is 5.42. The van der Waals surface area contributed by atoms with Crippen LogP contribution in [0.25, 0.3) is 5.57 Å². The number of hydrogen-bond acceptors (Lipinski definition) is 1. The summed E-state index contributed by atoms with van der Waals surface area (Å²) in [6.45, 7) is 0. The van der Waals surface area contributed by atoms with Gasteiger partial charge in [-0.1, -0.05) is 60.7 Å². The summed E-state index contributed by atoms with van der Waals surface area (Å²) >= 11 is 0. The van der Waals surface area contributed by atoms with E-state index in [1.165, 1.54) is 0 Å². The molecular formula is C15H13NO. The summed E-state index contributed by atoms with van der Waals surface area (Å²) < 4.78 is 0. The van der Waals surface area contributed by atoms with Crippen molar-refractivity contribution in [3.8, 4) is 0 Å². The third kappa shape index (κ3) is 2.82. The van der Waals surface area contributed by atoms with Crippen molar-refractivity contribution >= 4 is 12.0 Å². The van der Waals surface area contributed by atoms with Crippen LogP contribution in [0.4, 0.5) is 0 Å². The Bertz CT molecular complexity index is 461. The van der Waals surface area contributed by atoms with Crippen molar-refractivity contribution in [2.45, 2.75) is 0 Å². The molecule has 0 aliphatic heterocycles. The van der Waals surface area contributed by atoms with Crippen molar-refractivity contribution < 1.29 is 4.79 Å². The van der Waals surface area contributed by atoms with Gasteiger partial charge in [0, 0.05) is 11.8 Å². The van der Waals surface area contributed by atoms with Crippen LogP contribution in [0, 0.1) is 0 Å². The Hall–Kier alpha value is -2.35. The summed E-state index contributed by atoms with van der Waals surface area (Å²) in [6.07, 6.45) is 2.39. The summed E-state index contributed by atoms with van der Waals surface area (Å²) in [5.41, 5.74) is 3.15. The zero-order valence-corrected chi connectivity index (χ0v) is 9.34. The molecule has 0 fully saturated rings. The minimum absolute atomic E-state index is 0.673. The van der Waals surface area contributed by atoms with Crippen LogP contribution >= 0.6 is 0 Å². The standard InChI is InChI=1S/C15H13NO/c17-12-16-11-15(13-7-3-1-4-8-13)14-9-5-2-6-10-14/h1-12H,(H,16,17). The second-order valence-electron chi connectivity index (χ2n) is 3.57. The normalized spacial score (nSPS) is 9.41. The largest absolute Gasteiger partial charge is 0.335 e. The Morgan fingerprint density at radius 2 is 1.29 bits per heavy atom. The molecule has 0 atom stereocenters. The Kier molecular flexibility index (Phi) is 3.71. The van der Waals surface area contributed by atoms with E-state index >= 15 is 0 Å². The number of carbonyl (C=O) groups excluding carboxylic acids is 1. The molecule has 1 amide bonds. The lowest BCUT2D eigenvalue weighted by atomic mass is 9.99. The Labute approximate surface area is 101 Å². The predicted molar refractivity (Wildman–Crippen MR) is 69.2 cm³/mol. The van der Waals surface area contributed by atoms with Crippen LogP contribution in [0.1, 0.15) is 11.1 Å². The molecule has 2 heteroatoms. The van der Waals surface area contributed by atoms with Gasteiger partial charge >= 0.3 is 0 Å². The molecular weight excluding hydrogens is 210 g/mol. The fraction of sp³-hybridized carbons (Fsp3) is 0. The summed E-state index contributed by atoms with van der Waals surface area (Å²) in [4.78, 5) is 10.4. The lowest BCUT2D eigenvalue weighted by Gasteiger charge is -2.07. The zero-order valence-electron chi connectivity index (χ0n) is 9.34. The summed E-state index contributed by atoms with van der Waals surface area (Å²) in [6, 6.07) is 19.9. The van der Waals surface area contributed by atoms with Gasteiger partial charge in [-0.3, -0.25) is 4.79 Å². The molecule has 0 aliphatic rings. The predicted octanol–water partition coefficient (Wildman–Crippen LogP) is 2.82. The van der Waals surface area contributed by atoms with Crippen LogP contribution in [0.2, 0.25) is 0 Å². The number of hydrogen-bond donors (Lipinski definition) is 1. The average molecular weight is 223 g/mol. The van der Waals surface area contributed by atoms with Gasteiger partial charge in [0.25, 0.3) is 0 Å². The van der Waals surface area contributed by atoms with Gasteiger partial charge in [0.1, 0.15) is 0 Å². The molecule has 2 nitrogen and oxygen atoms in total. The highest BCUT2D eigenvalue weighted by molar-refractivity contribution is 5.80. The van der Waals surface area contributed by atoms with Crippen molar-refractivity contribution in [3.63, 3.8) is 0 Å². The molecule has 2 aromatic carbocycles. The second-order valence-corrected chi connectivity index (χ2v) is 3.57. The van der Waals surface area contributed by atoms with Gasteiger partial charge in [-0.05, 0) is 11.1 Å². The molecule has 2 aromatic rings. The number of nitrogens with one attached hydrogen (secondary N) is 1. The molecule has 0 spiro atoms. The van der Waals surface area contributed by atoms with E-state index in [2.05, 4.69) is 5.32 Å². The highest BCUT2D eigenvalue weighted by atomic mass is 16.1. The van der Waals surface area contributed by atoms with Crippen LogP contribution in [-0.4, -0.2) is 6.41 Å². The van der Waals surface area contributed by atoms with E-state index in [1.807, 2.05) is 60.7 Å². The molecule has 84 valence electrons. The minimum atomic E-state index is 0.673. The van der Waals surface area contributed by atoms with E-state index in [1.54, 1.807) is 6.20 Å². The monoisotopic (exact) mass is 223 g/mol. The highest BCUT2D eigenvalue weighted by Crippen LogP contribution is 2.21. The summed E-state index contributed by atoms with van der Waals surface area (Å²) in [5, 5.41) is 2.60. The molecule has 1 N–H and O–H groups in total. The average Bonchev–Trinajstić information content (AvgIpc) is 2.42. The molecule has 0 unspecified atom stereocenters. The maximum Gasteiger partial charge on any atom is 0.211 e. The van der Waals surface area contributed by atoms with Crippen molar-refractivity contribution in [2.75, 3.05) is 0 Å². The van der Waals surface area contributed by atoms with Gasteiger partial charge < -0.3 is 5.32 Å². The molecule has 0 heterocycles. The smallest absolute Gasteiger partial charge is 0.211 e. The number of amides is 1. The van der Waals surface area contributed by atoms with Gasteiger partial charge in [-0.2, -0.15) is 0 Å². The molecule has 0 radical (unpaired) electrons. The first-order chi connectivity index (χ1) is 8.42. The van der Waals surface area contributed by atoms with Crippen molar-refractivity contribution in [2.24, 2.45) is 0 Å². The Balaban J connectivity index is 2.43. The van der Waals surface area contributed by atoms with Gasteiger partial charge in [0.2, 0.25) is 6.41 Å². The summed E-state index contributed by atoms with van der Waals surface area (Å²) in [5.74, 6) is 0. The van der Waals surface area contributed by atoms with Gasteiger partial charge in [0.15, 0.2) is 0 Å². The van der Waals surface area contributed by atoms with E-state index in [-0.39, 0.29) is 0 Å². The topological polar surface area (TPSA) is 29.1 Å². The van der Waals surface area contributed by atoms with Gasteiger partial charge in [-0.25, -0.2) is 0 Å². The van der Waals surface area contributed by atoms with Crippen molar-refractivity contribution in [1.82, 2.24) is 5.32 Å². The number of benzene rings is 2. The van der Waals surface area contributed by atoms with Crippen molar-refractivity contribution in [1.29, 1.82) is 0 Å². The van der Waals surface area contributed by atoms with Crippen LogP contribution in [0.5, 0.6) is 0 Å². The fourth-order valence-corrected chi connectivity index (χ4v) is 1.69. The Morgan fingerprint density at radius 3 is 1.71 bits per heavy atom. The number of carbonyl (C=O) groups is 1. The third-order valence-corrected chi connectivity index (χ3v) is 2.47. The molecule has 0 aliphatic carbocycles. The lowest BCUT2D eigenvalue weighted by Crippen LogP contribution is -2.02. The molecule has 0 bridgehead atoms. The van der Waals surface area contributed by atoms with Crippen LogP contribution < -0.4 is 5.32 Å². The van der Waals surface area contributed by atoms with Crippen LogP contribution in [0.3, 0.4) is 0 Å². The van der Waals surface area contributed by atoms with E-state index in [0.717, 1.165) is 16.7 Å².